The highest BCUT2D eigenvalue weighted by Gasteiger charge is 2.06. The van der Waals surface area contributed by atoms with Crippen molar-refractivity contribution in [3.8, 4) is 0 Å². The van der Waals surface area contributed by atoms with Gasteiger partial charge in [0.2, 0.25) is 5.91 Å². The van der Waals surface area contributed by atoms with Gasteiger partial charge in [0, 0.05) is 11.4 Å². The first-order valence-electron chi connectivity index (χ1n) is 5.11. The number of hydrogen-bond acceptors (Lipinski definition) is 1. The Balaban J connectivity index is 2.92. The first-order chi connectivity index (χ1) is 7.04. The van der Waals surface area contributed by atoms with Crippen molar-refractivity contribution in [1.29, 1.82) is 0 Å². The average Bonchev–Trinajstić information content (AvgIpc) is 2.19. The third-order valence-electron chi connectivity index (χ3n) is 2.49. The lowest BCUT2D eigenvalue weighted by atomic mass is 9.99. The predicted octanol–water partition coefficient (Wildman–Crippen LogP) is 3.92. The minimum absolute atomic E-state index is 0.0491. The van der Waals surface area contributed by atoms with E-state index < -0.39 is 0 Å². The Morgan fingerprint density at radius 1 is 1.53 bits per heavy atom. The molecular formula is C12H16BrNO. The van der Waals surface area contributed by atoms with Gasteiger partial charge >= 0.3 is 0 Å². The second kappa shape index (κ2) is 5.31. The third kappa shape index (κ3) is 3.34. The number of rotatable bonds is 3. The van der Waals surface area contributed by atoms with Gasteiger partial charge in [-0.25, -0.2) is 0 Å². The standard InChI is InChI=1S/C12H16BrNO/c1-4-8(2)10-5-6-12(11(13)7-10)14-9(3)15/h5-8H,4H2,1-3H3,(H,14,15). The zero-order valence-corrected chi connectivity index (χ0v) is 10.9. The molecule has 1 amide bonds. The highest BCUT2D eigenvalue weighted by molar-refractivity contribution is 9.10. The van der Waals surface area contributed by atoms with Gasteiger partial charge in [0.15, 0.2) is 0 Å². The van der Waals surface area contributed by atoms with Crippen LogP contribution in [0.4, 0.5) is 5.69 Å². The summed E-state index contributed by atoms with van der Waals surface area (Å²) in [5, 5.41) is 2.77. The van der Waals surface area contributed by atoms with Crippen molar-refractivity contribution in [2.45, 2.75) is 33.1 Å². The molecule has 0 radical (unpaired) electrons. The molecule has 82 valence electrons. The van der Waals surface area contributed by atoms with Crippen molar-refractivity contribution in [1.82, 2.24) is 0 Å². The summed E-state index contributed by atoms with van der Waals surface area (Å²) in [5.41, 5.74) is 2.12. The van der Waals surface area contributed by atoms with Gasteiger partial charge in [-0.2, -0.15) is 0 Å². The molecule has 1 atom stereocenters. The number of carbonyl (C=O) groups is 1. The second-order valence-corrected chi connectivity index (χ2v) is 4.58. The predicted molar refractivity (Wildman–Crippen MR) is 67.2 cm³/mol. The Kier molecular flexibility index (Phi) is 4.33. The molecule has 0 saturated heterocycles. The summed E-state index contributed by atoms with van der Waals surface area (Å²) in [6, 6.07) is 6.07. The van der Waals surface area contributed by atoms with E-state index in [0.717, 1.165) is 16.6 Å². The maximum Gasteiger partial charge on any atom is 0.221 e. The molecule has 0 aliphatic heterocycles. The van der Waals surface area contributed by atoms with E-state index in [-0.39, 0.29) is 5.91 Å². The van der Waals surface area contributed by atoms with Gasteiger partial charge in [-0.1, -0.05) is 19.9 Å². The number of benzene rings is 1. The molecule has 0 fully saturated rings. The molecule has 15 heavy (non-hydrogen) atoms. The molecule has 0 aromatic heterocycles. The monoisotopic (exact) mass is 269 g/mol. The van der Waals surface area contributed by atoms with Gasteiger partial charge in [0.25, 0.3) is 0 Å². The molecule has 1 aromatic rings. The topological polar surface area (TPSA) is 29.1 Å². The number of hydrogen-bond donors (Lipinski definition) is 1. The molecule has 0 heterocycles. The highest BCUT2D eigenvalue weighted by Crippen LogP contribution is 2.28. The normalized spacial score (nSPS) is 12.3. The van der Waals surface area contributed by atoms with Gasteiger partial charge in [-0.15, -0.1) is 0 Å². The van der Waals surface area contributed by atoms with Crippen LogP contribution < -0.4 is 5.32 Å². The number of halogens is 1. The van der Waals surface area contributed by atoms with Crippen molar-refractivity contribution >= 4 is 27.5 Å². The molecule has 0 bridgehead atoms. The van der Waals surface area contributed by atoms with E-state index in [0.29, 0.717) is 5.92 Å². The van der Waals surface area contributed by atoms with Crippen molar-refractivity contribution in [2.24, 2.45) is 0 Å². The second-order valence-electron chi connectivity index (χ2n) is 3.73. The summed E-state index contributed by atoms with van der Waals surface area (Å²) < 4.78 is 0.940. The molecule has 0 spiro atoms. The quantitative estimate of drug-likeness (QED) is 0.886. The van der Waals surface area contributed by atoms with Crippen LogP contribution in [0.25, 0.3) is 0 Å². The molecule has 1 unspecified atom stereocenters. The lowest BCUT2D eigenvalue weighted by Gasteiger charge is -2.12. The van der Waals surface area contributed by atoms with E-state index in [9.17, 15) is 4.79 Å². The summed E-state index contributed by atoms with van der Waals surface area (Å²) in [4.78, 5) is 10.9. The van der Waals surface area contributed by atoms with Crippen LogP contribution in [-0.2, 0) is 4.79 Å². The highest BCUT2D eigenvalue weighted by atomic mass is 79.9. The Morgan fingerprint density at radius 2 is 2.20 bits per heavy atom. The number of anilines is 1. The third-order valence-corrected chi connectivity index (χ3v) is 3.14. The Labute approximate surface area is 99.2 Å². The number of nitrogens with one attached hydrogen (secondary N) is 1. The first-order valence-corrected chi connectivity index (χ1v) is 5.91. The Bertz CT molecular complexity index is 363. The van der Waals surface area contributed by atoms with Crippen LogP contribution in [0.5, 0.6) is 0 Å². The number of amides is 1. The van der Waals surface area contributed by atoms with Crippen LogP contribution in [0.1, 0.15) is 38.7 Å². The van der Waals surface area contributed by atoms with Gasteiger partial charge in [0.1, 0.15) is 0 Å². The SMILES string of the molecule is CCC(C)c1ccc(NC(C)=O)c(Br)c1. The van der Waals surface area contributed by atoms with E-state index in [1.54, 1.807) is 0 Å². The molecule has 0 saturated carbocycles. The van der Waals surface area contributed by atoms with E-state index in [4.69, 9.17) is 0 Å². The zero-order valence-electron chi connectivity index (χ0n) is 9.30. The van der Waals surface area contributed by atoms with Crippen LogP contribution >= 0.6 is 15.9 Å². The molecule has 1 rings (SSSR count). The summed E-state index contributed by atoms with van der Waals surface area (Å²) in [6.07, 6.45) is 1.12. The van der Waals surface area contributed by atoms with Crippen LogP contribution in [0.2, 0.25) is 0 Å². The van der Waals surface area contributed by atoms with Crippen LogP contribution in [0.15, 0.2) is 22.7 Å². The molecule has 1 N–H and O–H groups in total. The summed E-state index contributed by atoms with van der Waals surface area (Å²) in [6.45, 7) is 5.87. The molecule has 0 aliphatic carbocycles. The largest absolute Gasteiger partial charge is 0.325 e. The lowest BCUT2D eigenvalue weighted by Crippen LogP contribution is -2.06. The Morgan fingerprint density at radius 3 is 2.67 bits per heavy atom. The maximum absolute atomic E-state index is 10.9. The number of carbonyl (C=O) groups excluding carboxylic acids is 1. The molecule has 3 heteroatoms. The van der Waals surface area contributed by atoms with Crippen molar-refractivity contribution < 1.29 is 4.79 Å². The van der Waals surface area contributed by atoms with E-state index in [1.807, 2.05) is 6.07 Å². The first kappa shape index (κ1) is 12.2. The minimum Gasteiger partial charge on any atom is -0.325 e. The van der Waals surface area contributed by atoms with Gasteiger partial charge in [0.05, 0.1) is 5.69 Å². The van der Waals surface area contributed by atoms with E-state index >= 15 is 0 Å². The lowest BCUT2D eigenvalue weighted by molar-refractivity contribution is -0.114. The van der Waals surface area contributed by atoms with Gasteiger partial charge < -0.3 is 5.32 Å². The fraction of sp³-hybridized carbons (Fsp3) is 0.417. The summed E-state index contributed by atoms with van der Waals surface area (Å²) in [7, 11) is 0. The molecule has 2 nitrogen and oxygen atoms in total. The van der Waals surface area contributed by atoms with E-state index in [1.165, 1.54) is 12.5 Å². The van der Waals surface area contributed by atoms with Crippen molar-refractivity contribution in [3.05, 3.63) is 28.2 Å². The van der Waals surface area contributed by atoms with Crippen LogP contribution in [0.3, 0.4) is 0 Å². The summed E-state index contributed by atoms with van der Waals surface area (Å²) in [5.74, 6) is 0.500. The Hall–Kier alpha value is -0.830. The average molecular weight is 270 g/mol. The van der Waals surface area contributed by atoms with Crippen LogP contribution in [0, 0.1) is 0 Å². The fourth-order valence-corrected chi connectivity index (χ4v) is 1.86. The fourth-order valence-electron chi connectivity index (χ4n) is 1.36. The summed E-state index contributed by atoms with van der Waals surface area (Å²) >= 11 is 3.46. The molecular weight excluding hydrogens is 254 g/mol. The van der Waals surface area contributed by atoms with Crippen molar-refractivity contribution in [3.63, 3.8) is 0 Å². The van der Waals surface area contributed by atoms with Crippen LogP contribution in [-0.4, -0.2) is 5.91 Å². The zero-order chi connectivity index (χ0) is 11.4. The van der Waals surface area contributed by atoms with Gasteiger partial charge in [-0.3, -0.25) is 4.79 Å². The van der Waals surface area contributed by atoms with Crippen molar-refractivity contribution in [2.75, 3.05) is 5.32 Å². The van der Waals surface area contributed by atoms with Gasteiger partial charge in [-0.05, 0) is 46.0 Å². The minimum atomic E-state index is -0.0491. The maximum atomic E-state index is 10.9. The smallest absolute Gasteiger partial charge is 0.221 e. The molecule has 0 aliphatic rings. The van der Waals surface area contributed by atoms with E-state index in [2.05, 4.69) is 47.2 Å². The molecule has 1 aromatic carbocycles.